The predicted molar refractivity (Wildman–Crippen MR) is 116 cm³/mol. The molecule has 7 nitrogen and oxygen atoms in total. The van der Waals surface area contributed by atoms with E-state index in [2.05, 4.69) is 4.99 Å². The van der Waals surface area contributed by atoms with Gasteiger partial charge in [-0.1, -0.05) is 34.5 Å². The number of carbonyl (C=O) groups excluding carboxylic acids is 2. The number of rotatable bonds is 6. The van der Waals surface area contributed by atoms with Crippen molar-refractivity contribution in [1.82, 2.24) is 4.57 Å². The summed E-state index contributed by atoms with van der Waals surface area (Å²) < 4.78 is 17.7. The third kappa shape index (κ3) is 4.61. The molecule has 0 unspecified atom stereocenters. The molecule has 3 aromatic rings. The van der Waals surface area contributed by atoms with Crippen LogP contribution in [0.4, 0.5) is 0 Å². The first kappa shape index (κ1) is 22.1. The van der Waals surface area contributed by atoms with Gasteiger partial charge in [0.05, 0.1) is 41.6 Å². The summed E-state index contributed by atoms with van der Waals surface area (Å²) in [5, 5.41) is 0.778. The first-order valence-corrected chi connectivity index (χ1v) is 10.4. The molecule has 1 amide bonds. The summed E-state index contributed by atoms with van der Waals surface area (Å²) in [6.45, 7) is 1.79. The van der Waals surface area contributed by atoms with Gasteiger partial charge in [-0.2, -0.15) is 4.99 Å². The largest absolute Gasteiger partial charge is 0.497 e. The van der Waals surface area contributed by atoms with Gasteiger partial charge >= 0.3 is 5.97 Å². The van der Waals surface area contributed by atoms with Gasteiger partial charge in [0.1, 0.15) is 18.0 Å². The Morgan fingerprint density at radius 3 is 2.57 bits per heavy atom. The van der Waals surface area contributed by atoms with E-state index in [1.807, 2.05) is 0 Å². The number of esters is 1. The van der Waals surface area contributed by atoms with E-state index in [0.29, 0.717) is 31.8 Å². The van der Waals surface area contributed by atoms with Gasteiger partial charge in [0.25, 0.3) is 5.91 Å². The van der Waals surface area contributed by atoms with Crippen LogP contribution in [-0.2, 0) is 16.1 Å². The van der Waals surface area contributed by atoms with Crippen molar-refractivity contribution >= 4 is 56.6 Å². The topological polar surface area (TPSA) is 79.1 Å². The van der Waals surface area contributed by atoms with Gasteiger partial charge in [-0.05, 0) is 31.2 Å². The number of fused-ring (bicyclic) bond motifs is 1. The zero-order valence-corrected chi connectivity index (χ0v) is 18.7. The lowest BCUT2D eigenvalue weighted by Gasteiger charge is -2.08. The lowest BCUT2D eigenvalue weighted by atomic mass is 10.2. The fraction of sp³-hybridized carbons (Fsp3) is 0.250. The van der Waals surface area contributed by atoms with Crippen LogP contribution in [0.2, 0.25) is 10.0 Å². The summed E-state index contributed by atoms with van der Waals surface area (Å²) in [6.07, 6.45) is 0. The molecule has 0 saturated carbocycles. The van der Waals surface area contributed by atoms with Gasteiger partial charge in [-0.15, -0.1) is 0 Å². The number of aromatic nitrogens is 1. The fourth-order valence-corrected chi connectivity index (χ4v) is 4.63. The van der Waals surface area contributed by atoms with Crippen LogP contribution in [0.5, 0.6) is 11.5 Å². The molecule has 10 heteroatoms. The highest BCUT2D eigenvalue weighted by atomic mass is 35.5. The van der Waals surface area contributed by atoms with Crippen molar-refractivity contribution in [2.45, 2.75) is 13.5 Å². The second-order valence-electron chi connectivity index (χ2n) is 5.99. The summed E-state index contributed by atoms with van der Waals surface area (Å²) in [5.41, 5.74) is 0.801. The number of methoxy groups -OCH3 is 2. The molecule has 2 aromatic carbocycles. The number of carbonyl (C=O) groups is 2. The van der Waals surface area contributed by atoms with E-state index in [9.17, 15) is 9.59 Å². The van der Waals surface area contributed by atoms with Crippen LogP contribution >= 0.6 is 34.5 Å². The van der Waals surface area contributed by atoms with Crippen LogP contribution in [0.15, 0.2) is 35.3 Å². The van der Waals surface area contributed by atoms with E-state index >= 15 is 0 Å². The van der Waals surface area contributed by atoms with Crippen molar-refractivity contribution in [2.24, 2.45) is 4.99 Å². The molecule has 0 aliphatic heterocycles. The van der Waals surface area contributed by atoms with Crippen molar-refractivity contribution in [1.29, 1.82) is 0 Å². The van der Waals surface area contributed by atoms with Gasteiger partial charge in [-0.3, -0.25) is 9.59 Å². The standard InChI is InChI=1S/C20H18Cl2N2O5S/c1-4-29-17(25)10-24-18-14(22)7-11(21)8-16(18)30-20(24)23-19(26)13-6-5-12(27-2)9-15(13)28-3/h5-9H,4,10H2,1-3H3. The second kappa shape index (κ2) is 9.51. The molecular weight excluding hydrogens is 451 g/mol. The number of hydrogen-bond donors (Lipinski definition) is 0. The zero-order valence-electron chi connectivity index (χ0n) is 16.4. The molecule has 0 radical (unpaired) electrons. The number of nitrogens with zero attached hydrogens (tertiary/aromatic N) is 2. The zero-order chi connectivity index (χ0) is 21.8. The summed E-state index contributed by atoms with van der Waals surface area (Å²) >= 11 is 13.7. The Balaban J connectivity index is 2.17. The minimum atomic E-state index is -0.541. The highest BCUT2D eigenvalue weighted by Gasteiger charge is 2.17. The molecule has 0 spiro atoms. The van der Waals surface area contributed by atoms with Gasteiger partial charge in [0.15, 0.2) is 4.80 Å². The number of halogens is 2. The third-order valence-electron chi connectivity index (χ3n) is 4.12. The maximum atomic E-state index is 12.9. The Morgan fingerprint density at radius 2 is 1.90 bits per heavy atom. The van der Waals surface area contributed by atoms with E-state index < -0.39 is 11.9 Å². The van der Waals surface area contributed by atoms with Crippen LogP contribution in [0.3, 0.4) is 0 Å². The normalized spacial score (nSPS) is 11.6. The molecule has 0 fully saturated rings. The number of hydrogen-bond acceptors (Lipinski definition) is 6. The van der Waals surface area contributed by atoms with Gasteiger partial charge in [0.2, 0.25) is 0 Å². The molecule has 158 valence electrons. The van der Waals surface area contributed by atoms with Crippen molar-refractivity contribution in [3.63, 3.8) is 0 Å². The fourth-order valence-electron chi connectivity index (χ4n) is 2.82. The van der Waals surface area contributed by atoms with E-state index in [4.69, 9.17) is 37.4 Å². The number of amides is 1. The van der Waals surface area contributed by atoms with Gasteiger partial charge < -0.3 is 18.8 Å². The number of ether oxygens (including phenoxy) is 3. The Kier molecular flexibility index (Phi) is 7.02. The van der Waals surface area contributed by atoms with E-state index in [0.717, 1.165) is 0 Å². The highest BCUT2D eigenvalue weighted by molar-refractivity contribution is 7.16. The van der Waals surface area contributed by atoms with Gasteiger partial charge in [0, 0.05) is 11.1 Å². The molecule has 0 aliphatic rings. The predicted octanol–water partition coefficient (Wildman–Crippen LogP) is 4.33. The van der Waals surface area contributed by atoms with Gasteiger partial charge in [-0.25, -0.2) is 0 Å². The Labute approximate surface area is 186 Å². The maximum absolute atomic E-state index is 12.9. The first-order chi connectivity index (χ1) is 14.4. The highest BCUT2D eigenvalue weighted by Crippen LogP contribution is 2.30. The van der Waals surface area contributed by atoms with E-state index in [1.54, 1.807) is 41.8 Å². The van der Waals surface area contributed by atoms with Crippen molar-refractivity contribution in [3.8, 4) is 11.5 Å². The van der Waals surface area contributed by atoms with Crippen LogP contribution in [0.25, 0.3) is 10.2 Å². The monoisotopic (exact) mass is 468 g/mol. The molecule has 0 atom stereocenters. The van der Waals surface area contributed by atoms with Crippen LogP contribution in [-0.4, -0.2) is 37.3 Å². The SMILES string of the molecule is CCOC(=O)Cn1c(=NC(=O)c2ccc(OC)cc2OC)sc2cc(Cl)cc(Cl)c21. The summed E-state index contributed by atoms with van der Waals surface area (Å²) in [5.74, 6) is -0.147. The van der Waals surface area contributed by atoms with Crippen LogP contribution in [0.1, 0.15) is 17.3 Å². The summed E-state index contributed by atoms with van der Waals surface area (Å²) in [4.78, 5) is 29.6. The number of benzene rings is 2. The third-order valence-corrected chi connectivity index (χ3v) is 5.66. The quantitative estimate of drug-likeness (QED) is 0.503. The lowest BCUT2D eigenvalue weighted by molar-refractivity contribution is -0.143. The molecular formula is C20H18Cl2N2O5S. The molecule has 1 heterocycles. The number of thiazole rings is 1. The van der Waals surface area contributed by atoms with E-state index in [1.165, 1.54) is 25.6 Å². The minimum Gasteiger partial charge on any atom is -0.497 e. The molecule has 1 aromatic heterocycles. The molecule has 0 N–H and O–H groups in total. The average Bonchev–Trinajstić information content (AvgIpc) is 3.04. The lowest BCUT2D eigenvalue weighted by Crippen LogP contribution is -2.23. The van der Waals surface area contributed by atoms with E-state index in [-0.39, 0.29) is 23.5 Å². The Bertz CT molecular complexity index is 1190. The van der Waals surface area contributed by atoms with Crippen molar-refractivity contribution < 1.29 is 23.8 Å². The Morgan fingerprint density at radius 1 is 1.13 bits per heavy atom. The Hall–Kier alpha value is -2.55. The molecule has 3 rings (SSSR count). The first-order valence-electron chi connectivity index (χ1n) is 8.83. The van der Waals surface area contributed by atoms with Crippen LogP contribution < -0.4 is 14.3 Å². The summed E-state index contributed by atoms with van der Waals surface area (Å²) in [7, 11) is 2.97. The minimum absolute atomic E-state index is 0.152. The molecule has 0 aliphatic carbocycles. The summed E-state index contributed by atoms with van der Waals surface area (Å²) in [6, 6.07) is 8.07. The molecule has 0 saturated heterocycles. The maximum Gasteiger partial charge on any atom is 0.326 e. The van der Waals surface area contributed by atoms with Crippen molar-refractivity contribution in [3.05, 3.63) is 50.7 Å². The average molecular weight is 469 g/mol. The smallest absolute Gasteiger partial charge is 0.326 e. The molecule has 0 bridgehead atoms. The van der Waals surface area contributed by atoms with Crippen molar-refractivity contribution in [2.75, 3.05) is 20.8 Å². The molecule has 30 heavy (non-hydrogen) atoms. The second-order valence-corrected chi connectivity index (χ2v) is 7.85. The van der Waals surface area contributed by atoms with Crippen LogP contribution in [0, 0.1) is 0 Å².